The van der Waals surface area contributed by atoms with Crippen LogP contribution in [0.2, 0.25) is 0 Å². The number of hydrogen-bond acceptors (Lipinski definition) is 10. The van der Waals surface area contributed by atoms with Crippen molar-refractivity contribution in [3.63, 3.8) is 0 Å². The van der Waals surface area contributed by atoms with Gasteiger partial charge in [-0.3, -0.25) is 14.9 Å². The average Bonchev–Trinajstić information content (AvgIpc) is 2.97. The first kappa shape index (κ1) is 30.2. The van der Waals surface area contributed by atoms with E-state index < -0.39 is 10.8 Å². The fourth-order valence-corrected chi connectivity index (χ4v) is 3.97. The number of hydrogen-bond donors (Lipinski definition) is 2. The third kappa shape index (κ3) is 6.98. The molecule has 3 rings (SSSR count). The molecular weight excluding hydrogens is 536 g/mol. The zero-order valence-corrected chi connectivity index (χ0v) is 23.3. The first-order chi connectivity index (χ1) is 19.7. The van der Waals surface area contributed by atoms with Gasteiger partial charge >= 0.3 is 5.69 Å². The number of ether oxygens (including phenoxy) is 6. The summed E-state index contributed by atoms with van der Waals surface area (Å²) in [6, 6.07) is 9.35. The van der Waals surface area contributed by atoms with Crippen molar-refractivity contribution in [2.45, 2.75) is 0 Å². The van der Waals surface area contributed by atoms with Gasteiger partial charge in [0.05, 0.1) is 53.3 Å². The van der Waals surface area contributed by atoms with Crippen LogP contribution in [0, 0.1) is 10.1 Å². The molecule has 0 aliphatic heterocycles. The van der Waals surface area contributed by atoms with E-state index in [2.05, 4.69) is 5.32 Å². The average molecular weight is 567 g/mol. The van der Waals surface area contributed by atoms with E-state index in [0.717, 1.165) is 5.56 Å². The molecule has 0 saturated carbocycles. The van der Waals surface area contributed by atoms with Crippen LogP contribution in [0.15, 0.2) is 42.5 Å². The highest BCUT2D eigenvalue weighted by Crippen LogP contribution is 2.40. The summed E-state index contributed by atoms with van der Waals surface area (Å²) in [5.74, 6) is 0.788. The molecule has 0 spiro atoms. The number of amides is 1. The van der Waals surface area contributed by atoms with Crippen LogP contribution < -0.4 is 33.7 Å². The standard InChI is InChI=1S/C29H30N2O10/c1-36-23-14-18(12-21(31(34)35)28(23)40-5)9-10-26(33)30-20-11-17(13-22(32)27(20)39-4)7-8-19-15-24(37-2)29(41-6)25(16-19)38-3/h7-16,32H,1-6H3,(H,30,33)/b8-7+,10-9+. The molecule has 216 valence electrons. The summed E-state index contributed by atoms with van der Waals surface area (Å²) >= 11 is 0. The van der Waals surface area contributed by atoms with Gasteiger partial charge in [-0.1, -0.05) is 12.2 Å². The van der Waals surface area contributed by atoms with Crippen molar-refractivity contribution in [2.75, 3.05) is 48.0 Å². The summed E-state index contributed by atoms with van der Waals surface area (Å²) in [5.41, 5.74) is 1.50. The third-order valence-electron chi connectivity index (χ3n) is 5.81. The Kier molecular flexibility index (Phi) is 10.0. The lowest BCUT2D eigenvalue weighted by molar-refractivity contribution is -0.385. The molecule has 3 aromatic rings. The topological polar surface area (TPSA) is 148 Å². The Morgan fingerprint density at radius 2 is 1.20 bits per heavy atom. The molecule has 0 aromatic heterocycles. The maximum atomic E-state index is 12.8. The number of phenols is 1. The maximum absolute atomic E-state index is 12.8. The van der Waals surface area contributed by atoms with Crippen molar-refractivity contribution in [3.05, 3.63) is 69.3 Å². The minimum Gasteiger partial charge on any atom is -0.504 e. The Balaban J connectivity index is 1.89. The zero-order valence-electron chi connectivity index (χ0n) is 23.3. The van der Waals surface area contributed by atoms with Crippen molar-refractivity contribution in [3.8, 4) is 40.2 Å². The van der Waals surface area contributed by atoms with Crippen molar-refractivity contribution in [1.29, 1.82) is 0 Å². The molecule has 0 fully saturated rings. The van der Waals surface area contributed by atoms with Gasteiger partial charge in [0.1, 0.15) is 0 Å². The van der Waals surface area contributed by atoms with Crippen LogP contribution >= 0.6 is 0 Å². The number of phenolic OH excluding ortho intramolecular Hbond substituents is 1. The fraction of sp³-hybridized carbons (Fsp3) is 0.207. The molecule has 0 aliphatic rings. The Bertz CT molecular complexity index is 1470. The molecule has 0 radical (unpaired) electrons. The van der Waals surface area contributed by atoms with Gasteiger partial charge in [0.2, 0.25) is 17.4 Å². The molecule has 3 aromatic carbocycles. The quantitative estimate of drug-likeness (QED) is 0.130. The lowest BCUT2D eigenvalue weighted by atomic mass is 10.1. The molecule has 12 nitrogen and oxygen atoms in total. The predicted octanol–water partition coefficient (Wildman–Crippen LogP) is 5.17. The van der Waals surface area contributed by atoms with Crippen LogP contribution in [0.4, 0.5) is 11.4 Å². The van der Waals surface area contributed by atoms with Crippen molar-refractivity contribution in [1.82, 2.24) is 0 Å². The van der Waals surface area contributed by atoms with Gasteiger partial charge in [0.25, 0.3) is 0 Å². The van der Waals surface area contributed by atoms with Gasteiger partial charge in [-0.2, -0.15) is 0 Å². The Labute approximate surface area is 236 Å². The van der Waals surface area contributed by atoms with E-state index in [1.165, 1.54) is 73.0 Å². The molecule has 0 aliphatic carbocycles. The normalized spacial score (nSPS) is 10.9. The van der Waals surface area contributed by atoms with Crippen LogP contribution in [0.3, 0.4) is 0 Å². The lowest BCUT2D eigenvalue weighted by Crippen LogP contribution is -2.09. The zero-order chi connectivity index (χ0) is 30.1. The minimum atomic E-state index is -0.608. The van der Waals surface area contributed by atoms with Crippen LogP contribution in [-0.4, -0.2) is 58.6 Å². The second kappa shape index (κ2) is 13.6. The maximum Gasteiger partial charge on any atom is 0.315 e. The summed E-state index contributed by atoms with van der Waals surface area (Å²) in [6.07, 6.45) is 6.04. The summed E-state index contributed by atoms with van der Waals surface area (Å²) in [4.78, 5) is 23.6. The number of nitro groups is 1. The number of benzene rings is 3. The summed E-state index contributed by atoms with van der Waals surface area (Å²) < 4.78 is 31.7. The Morgan fingerprint density at radius 3 is 1.68 bits per heavy atom. The third-order valence-corrected chi connectivity index (χ3v) is 5.81. The summed E-state index contributed by atoms with van der Waals surface area (Å²) in [7, 11) is 8.55. The predicted molar refractivity (Wildman–Crippen MR) is 154 cm³/mol. The number of nitrogens with one attached hydrogen (secondary N) is 1. The number of methoxy groups -OCH3 is 6. The largest absolute Gasteiger partial charge is 0.504 e. The fourth-order valence-electron chi connectivity index (χ4n) is 3.97. The first-order valence-electron chi connectivity index (χ1n) is 12.0. The van der Waals surface area contributed by atoms with Crippen LogP contribution in [0.1, 0.15) is 16.7 Å². The van der Waals surface area contributed by atoms with Crippen LogP contribution in [0.5, 0.6) is 40.2 Å². The van der Waals surface area contributed by atoms with Crippen LogP contribution in [-0.2, 0) is 4.79 Å². The highest BCUT2D eigenvalue weighted by molar-refractivity contribution is 6.03. The molecule has 0 bridgehead atoms. The monoisotopic (exact) mass is 566 g/mol. The van der Waals surface area contributed by atoms with E-state index in [1.54, 1.807) is 30.4 Å². The smallest absolute Gasteiger partial charge is 0.315 e. The first-order valence-corrected chi connectivity index (χ1v) is 12.0. The van der Waals surface area contributed by atoms with Gasteiger partial charge < -0.3 is 38.8 Å². The summed E-state index contributed by atoms with van der Waals surface area (Å²) in [5, 5.41) is 24.7. The second-order valence-electron chi connectivity index (χ2n) is 8.27. The number of rotatable bonds is 12. The summed E-state index contributed by atoms with van der Waals surface area (Å²) in [6.45, 7) is 0. The molecule has 0 heterocycles. The molecular formula is C29H30N2O10. The number of aromatic hydroxyl groups is 1. The Hall–Kier alpha value is -5.39. The molecule has 0 atom stereocenters. The minimum absolute atomic E-state index is 0.0317. The van der Waals surface area contributed by atoms with Gasteiger partial charge in [0.15, 0.2) is 28.7 Å². The highest BCUT2D eigenvalue weighted by atomic mass is 16.6. The van der Waals surface area contributed by atoms with Gasteiger partial charge in [-0.15, -0.1) is 0 Å². The lowest BCUT2D eigenvalue weighted by Gasteiger charge is -2.13. The van der Waals surface area contributed by atoms with Crippen LogP contribution in [0.25, 0.3) is 18.2 Å². The highest BCUT2D eigenvalue weighted by Gasteiger charge is 2.21. The number of nitro benzene ring substituents is 1. The van der Waals surface area contributed by atoms with Gasteiger partial charge in [-0.05, 0) is 53.1 Å². The van der Waals surface area contributed by atoms with Crippen molar-refractivity contribution >= 4 is 35.5 Å². The number of carbonyl (C=O) groups excluding carboxylic acids is 1. The van der Waals surface area contributed by atoms with E-state index in [9.17, 15) is 20.0 Å². The Morgan fingerprint density at radius 1 is 0.707 bits per heavy atom. The van der Waals surface area contributed by atoms with Crippen molar-refractivity contribution < 1.29 is 43.2 Å². The molecule has 0 unspecified atom stereocenters. The van der Waals surface area contributed by atoms with Gasteiger partial charge in [-0.25, -0.2) is 0 Å². The molecule has 41 heavy (non-hydrogen) atoms. The molecule has 1 amide bonds. The van der Waals surface area contributed by atoms with Gasteiger partial charge in [0, 0.05) is 12.1 Å². The van der Waals surface area contributed by atoms with E-state index >= 15 is 0 Å². The number of nitrogens with zero attached hydrogens (tertiary/aromatic N) is 1. The number of carbonyl (C=O) groups is 1. The van der Waals surface area contributed by atoms with E-state index in [-0.39, 0.29) is 34.4 Å². The van der Waals surface area contributed by atoms with E-state index in [4.69, 9.17) is 28.4 Å². The van der Waals surface area contributed by atoms with Crippen molar-refractivity contribution in [2.24, 2.45) is 0 Å². The number of anilines is 1. The SMILES string of the molecule is COc1cc(/C=C/c2cc(O)c(OC)c(NC(=O)/C=C/c3cc(OC)c(OC)c([N+](=O)[O-])c3)c2)cc(OC)c1OC. The molecule has 12 heteroatoms. The second-order valence-corrected chi connectivity index (χ2v) is 8.27. The molecule has 0 saturated heterocycles. The van der Waals surface area contributed by atoms with E-state index in [1.807, 2.05) is 0 Å². The van der Waals surface area contributed by atoms with E-state index in [0.29, 0.717) is 28.4 Å². The molecule has 2 N–H and O–H groups in total.